The van der Waals surface area contributed by atoms with Gasteiger partial charge in [0.2, 0.25) is 0 Å². The average molecular weight is 309 g/mol. The second-order valence-corrected chi connectivity index (χ2v) is 6.24. The Labute approximate surface area is 134 Å². The molecule has 1 aromatic heterocycles. The van der Waals surface area contributed by atoms with Crippen LogP contribution in [0.4, 0.5) is 0 Å². The Balaban J connectivity index is 1.48. The monoisotopic (exact) mass is 309 g/mol. The quantitative estimate of drug-likeness (QED) is 0.778. The molecule has 1 atom stereocenters. The van der Waals surface area contributed by atoms with Gasteiger partial charge in [-0.25, -0.2) is 0 Å². The number of furan rings is 1. The maximum Gasteiger partial charge on any atom is 0.258 e. The fourth-order valence-corrected chi connectivity index (χ4v) is 2.95. The highest BCUT2D eigenvalue weighted by Gasteiger charge is 2.28. The molecule has 1 aliphatic carbocycles. The first kappa shape index (κ1) is 14.1. The number of para-hydroxylation sites is 1. The van der Waals surface area contributed by atoms with Crippen molar-refractivity contribution in [2.45, 2.75) is 25.8 Å². The summed E-state index contributed by atoms with van der Waals surface area (Å²) >= 11 is 0. The van der Waals surface area contributed by atoms with Crippen LogP contribution in [-0.2, 0) is 4.79 Å². The molecule has 0 aliphatic heterocycles. The summed E-state index contributed by atoms with van der Waals surface area (Å²) in [5.74, 6) is 1.26. The van der Waals surface area contributed by atoms with Crippen LogP contribution in [0.15, 0.2) is 46.9 Å². The maximum atomic E-state index is 11.9. The minimum Gasteiger partial charge on any atom is -0.484 e. The van der Waals surface area contributed by atoms with E-state index in [1.165, 1.54) is 12.8 Å². The number of nitrogens with one attached hydrogen (secondary N) is 1. The summed E-state index contributed by atoms with van der Waals surface area (Å²) < 4.78 is 11.4. The van der Waals surface area contributed by atoms with Gasteiger partial charge in [0.15, 0.2) is 6.61 Å². The summed E-state index contributed by atoms with van der Waals surface area (Å²) in [6.07, 6.45) is 2.43. The Hall–Kier alpha value is -2.49. The lowest BCUT2D eigenvalue weighted by Gasteiger charge is -2.13. The summed E-state index contributed by atoms with van der Waals surface area (Å²) in [6.45, 7) is 2.09. The summed E-state index contributed by atoms with van der Waals surface area (Å²) in [5, 5.41) is 5.05. The SMILES string of the molecule is C[C@H](NC(=O)COc1ccc2oc3ccccc3c2c1)C1CC1. The number of hydrogen-bond acceptors (Lipinski definition) is 3. The molecule has 0 spiro atoms. The topological polar surface area (TPSA) is 51.5 Å². The van der Waals surface area contributed by atoms with E-state index < -0.39 is 0 Å². The second-order valence-electron chi connectivity index (χ2n) is 6.24. The first-order valence-electron chi connectivity index (χ1n) is 8.04. The van der Waals surface area contributed by atoms with Crippen LogP contribution in [0.3, 0.4) is 0 Å². The molecule has 4 rings (SSSR count). The van der Waals surface area contributed by atoms with Crippen LogP contribution in [0.1, 0.15) is 19.8 Å². The van der Waals surface area contributed by atoms with Crippen LogP contribution >= 0.6 is 0 Å². The molecule has 0 radical (unpaired) electrons. The zero-order valence-corrected chi connectivity index (χ0v) is 13.0. The van der Waals surface area contributed by atoms with E-state index >= 15 is 0 Å². The fourth-order valence-electron chi connectivity index (χ4n) is 2.95. The molecular weight excluding hydrogens is 290 g/mol. The van der Waals surface area contributed by atoms with Crippen molar-refractivity contribution in [3.05, 3.63) is 42.5 Å². The Bertz CT molecular complexity index is 863. The smallest absolute Gasteiger partial charge is 0.258 e. The molecule has 23 heavy (non-hydrogen) atoms. The van der Waals surface area contributed by atoms with Gasteiger partial charge in [-0.1, -0.05) is 18.2 Å². The van der Waals surface area contributed by atoms with Crippen molar-refractivity contribution in [1.82, 2.24) is 5.32 Å². The summed E-state index contributed by atoms with van der Waals surface area (Å²) in [4.78, 5) is 11.9. The molecule has 1 aliphatic rings. The zero-order valence-electron chi connectivity index (χ0n) is 13.0. The Morgan fingerprint density at radius 2 is 2.00 bits per heavy atom. The lowest BCUT2D eigenvalue weighted by atomic mass is 10.1. The predicted octanol–water partition coefficient (Wildman–Crippen LogP) is 3.88. The minimum absolute atomic E-state index is 0.0400. The number of amides is 1. The number of benzene rings is 2. The maximum absolute atomic E-state index is 11.9. The van der Waals surface area contributed by atoms with Gasteiger partial charge in [0, 0.05) is 16.8 Å². The third-order valence-electron chi connectivity index (χ3n) is 4.44. The van der Waals surface area contributed by atoms with E-state index in [1.54, 1.807) is 0 Å². The standard InChI is InChI=1S/C19H19NO3/c1-12(13-6-7-13)20-19(21)11-22-14-8-9-18-16(10-14)15-4-2-3-5-17(15)23-18/h2-5,8-10,12-13H,6-7,11H2,1H3,(H,20,21)/t12-/m0/s1. The molecule has 4 nitrogen and oxygen atoms in total. The molecule has 1 saturated carbocycles. The summed E-state index contributed by atoms with van der Waals surface area (Å²) in [6, 6.07) is 13.8. The Morgan fingerprint density at radius 3 is 2.83 bits per heavy atom. The molecule has 3 aromatic rings. The van der Waals surface area contributed by atoms with Crippen LogP contribution in [0.5, 0.6) is 5.75 Å². The molecule has 1 fully saturated rings. The van der Waals surface area contributed by atoms with Gasteiger partial charge in [0.25, 0.3) is 5.91 Å². The number of hydrogen-bond donors (Lipinski definition) is 1. The first-order chi connectivity index (χ1) is 11.2. The summed E-state index contributed by atoms with van der Waals surface area (Å²) in [7, 11) is 0. The molecule has 1 N–H and O–H groups in total. The van der Waals surface area contributed by atoms with E-state index in [9.17, 15) is 4.79 Å². The lowest BCUT2D eigenvalue weighted by molar-refractivity contribution is -0.123. The molecule has 1 amide bonds. The Kier molecular flexibility index (Phi) is 3.45. The van der Waals surface area contributed by atoms with Gasteiger partial charge in [0.1, 0.15) is 16.9 Å². The van der Waals surface area contributed by atoms with Crippen LogP contribution in [0, 0.1) is 5.92 Å². The van der Waals surface area contributed by atoms with Crippen molar-refractivity contribution in [1.29, 1.82) is 0 Å². The average Bonchev–Trinajstić information content (AvgIpc) is 3.34. The van der Waals surface area contributed by atoms with E-state index in [0.29, 0.717) is 11.7 Å². The van der Waals surface area contributed by atoms with Crippen molar-refractivity contribution in [2.24, 2.45) is 5.92 Å². The molecule has 0 saturated heterocycles. The molecule has 1 heterocycles. The van der Waals surface area contributed by atoms with Crippen LogP contribution < -0.4 is 10.1 Å². The van der Waals surface area contributed by atoms with E-state index in [-0.39, 0.29) is 18.6 Å². The number of ether oxygens (including phenoxy) is 1. The number of rotatable bonds is 5. The van der Waals surface area contributed by atoms with Gasteiger partial charge >= 0.3 is 0 Å². The van der Waals surface area contributed by atoms with Gasteiger partial charge in [-0.05, 0) is 49.9 Å². The second kappa shape index (κ2) is 5.61. The van der Waals surface area contributed by atoms with Crippen molar-refractivity contribution >= 4 is 27.8 Å². The van der Waals surface area contributed by atoms with E-state index in [1.807, 2.05) is 42.5 Å². The van der Waals surface area contributed by atoms with Gasteiger partial charge in [-0.2, -0.15) is 0 Å². The van der Waals surface area contributed by atoms with Crippen molar-refractivity contribution in [3.63, 3.8) is 0 Å². The molecule has 118 valence electrons. The van der Waals surface area contributed by atoms with Crippen molar-refractivity contribution < 1.29 is 13.9 Å². The van der Waals surface area contributed by atoms with Crippen LogP contribution in [0.25, 0.3) is 21.9 Å². The molecule has 4 heteroatoms. The van der Waals surface area contributed by atoms with Gasteiger partial charge in [-0.15, -0.1) is 0 Å². The predicted molar refractivity (Wildman–Crippen MR) is 89.5 cm³/mol. The first-order valence-corrected chi connectivity index (χ1v) is 8.04. The molecule has 2 aromatic carbocycles. The number of fused-ring (bicyclic) bond motifs is 3. The van der Waals surface area contributed by atoms with Crippen LogP contribution in [-0.4, -0.2) is 18.6 Å². The van der Waals surface area contributed by atoms with E-state index in [2.05, 4.69) is 12.2 Å². The van der Waals surface area contributed by atoms with Gasteiger partial charge in [-0.3, -0.25) is 4.79 Å². The zero-order chi connectivity index (χ0) is 15.8. The van der Waals surface area contributed by atoms with Gasteiger partial charge < -0.3 is 14.5 Å². The highest BCUT2D eigenvalue weighted by Crippen LogP contribution is 2.32. The Morgan fingerprint density at radius 1 is 1.22 bits per heavy atom. The minimum atomic E-state index is -0.0680. The summed E-state index contributed by atoms with van der Waals surface area (Å²) in [5.41, 5.74) is 1.68. The number of carbonyl (C=O) groups excluding carboxylic acids is 1. The van der Waals surface area contributed by atoms with Gasteiger partial charge in [0.05, 0.1) is 0 Å². The third kappa shape index (κ3) is 2.89. The fraction of sp³-hybridized carbons (Fsp3) is 0.316. The lowest BCUT2D eigenvalue weighted by Crippen LogP contribution is -2.37. The van der Waals surface area contributed by atoms with E-state index in [0.717, 1.165) is 21.9 Å². The van der Waals surface area contributed by atoms with Crippen molar-refractivity contribution in [2.75, 3.05) is 6.61 Å². The normalized spacial score (nSPS) is 15.7. The van der Waals surface area contributed by atoms with Crippen molar-refractivity contribution in [3.8, 4) is 5.75 Å². The molecule has 0 bridgehead atoms. The van der Waals surface area contributed by atoms with E-state index in [4.69, 9.17) is 9.15 Å². The number of carbonyl (C=O) groups is 1. The third-order valence-corrected chi connectivity index (χ3v) is 4.44. The molecule has 0 unspecified atom stereocenters. The highest BCUT2D eigenvalue weighted by atomic mass is 16.5. The highest BCUT2D eigenvalue weighted by molar-refractivity contribution is 6.05. The van der Waals surface area contributed by atoms with Crippen LogP contribution in [0.2, 0.25) is 0 Å². The molecular formula is C19H19NO3. The largest absolute Gasteiger partial charge is 0.484 e.